The lowest BCUT2D eigenvalue weighted by atomic mass is 9.81. The van der Waals surface area contributed by atoms with Gasteiger partial charge in [0, 0.05) is 13.0 Å². The predicted octanol–water partition coefficient (Wildman–Crippen LogP) is 4.45. The van der Waals surface area contributed by atoms with Crippen LogP contribution in [0.1, 0.15) is 50.3 Å². The molecule has 0 aromatic heterocycles. The van der Waals surface area contributed by atoms with Gasteiger partial charge >= 0.3 is 0 Å². The van der Waals surface area contributed by atoms with Crippen LogP contribution in [0.2, 0.25) is 0 Å². The highest BCUT2D eigenvalue weighted by molar-refractivity contribution is 5.77. The van der Waals surface area contributed by atoms with Crippen LogP contribution in [0.25, 0.3) is 0 Å². The van der Waals surface area contributed by atoms with Crippen LogP contribution < -0.4 is 5.32 Å². The average molecular weight is 368 g/mol. The van der Waals surface area contributed by atoms with Crippen molar-refractivity contribution < 1.29 is 9.18 Å². The SMILES string of the molecule is CC(C)(CC(=O)NCC(c1ccc(F)cc1)N1CCCC1)c1ccccc1. The fraction of sp³-hybridized carbons (Fsp3) is 0.435. The topological polar surface area (TPSA) is 32.3 Å². The van der Waals surface area contributed by atoms with E-state index in [0.717, 1.165) is 24.2 Å². The zero-order valence-electron chi connectivity index (χ0n) is 16.2. The zero-order valence-corrected chi connectivity index (χ0v) is 16.2. The standard InChI is InChI=1S/C23H29FN2O/c1-23(2,19-8-4-3-5-9-19)16-22(27)25-17-21(26-14-6-7-15-26)18-10-12-20(24)13-11-18/h3-5,8-13,21H,6-7,14-17H2,1-2H3,(H,25,27). The van der Waals surface area contributed by atoms with Crippen molar-refractivity contribution in [3.05, 3.63) is 71.5 Å². The van der Waals surface area contributed by atoms with E-state index < -0.39 is 0 Å². The summed E-state index contributed by atoms with van der Waals surface area (Å²) in [6.45, 7) is 6.79. The molecular weight excluding hydrogens is 339 g/mol. The van der Waals surface area contributed by atoms with E-state index >= 15 is 0 Å². The van der Waals surface area contributed by atoms with Gasteiger partial charge in [-0.25, -0.2) is 4.39 Å². The maximum atomic E-state index is 13.3. The molecule has 1 fully saturated rings. The minimum atomic E-state index is -0.229. The highest BCUT2D eigenvalue weighted by Gasteiger charge is 2.27. The fourth-order valence-electron chi connectivity index (χ4n) is 3.86. The second-order valence-corrected chi connectivity index (χ2v) is 8.04. The van der Waals surface area contributed by atoms with Crippen LogP contribution in [0, 0.1) is 5.82 Å². The third kappa shape index (κ3) is 5.16. The summed E-state index contributed by atoms with van der Waals surface area (Å²) in [5.74, 6) is -0.178. The summed E-state index contributed by atoms with van der Waals surface area (Å²) in [7, 11) is 0. The molecule has 3 rings (SSSR count). The Balaban J connectivity index is 1.64. The Kier molecular flexibility index (Phi) is 6.27. The quantitative estimate of drug-likeness (QED) is 0.783. The Labute approximate surface area is 161 Å². The summed E-state index contributed by atoms with van der Waals surface area (Å²) in [6, 6.07) is 16.9. The van der Waals surface area contributed by atoms with E-state index in [0.29, 0.717) is 13.0 Å². The van der Waals surface area contributed by atoms with Crippen molar-refractivity contribution in [1.82, 2.24) is 10.2 Å². The van der Waals surface area contributed by atoms with Crippen molar-refractivity contribution in [1.29, 1.82) is 0 Å². The summed E-state index contributed by atoms with van der Waals surface area (Å²) in [5.41, 5.74) is 2.00. The number of likely N-dealkylation sites (tertiary alicyclic amines) is 1. The minimum Gasteiger partial charge on any atom is -0.354 e. The Morgan fingerprint density at radius 2 is 1.70 bits per heavy atom. The van der Waals surface area contributed by atoms with Crippen molar-refractivity contribution in [2.24, 2.45) is 0 Å². The van der Waals surface area contributed by atoms with Gasteiger partial charge in [0.05, 0.1) is 6.04 Å². The molecule has 0 aliphatic carbocycles. The van der Waals surface area contributed by atoms with E-state index in [1.807, 2.05) is 30.3 Å². The van der Waals surface area contributed by atoms with E-state index in [9.17, 15) is 9.18 Å². The lowest BCUT2D eigenvalue weighted by Crippen LogP contribution is -2.38. The van der Waals surface area contributed by atoms with Gasteiger partial charge in [-0.2, -0.15) is 0 Å². The van der Waals surface area contributed by atoms with Gasteiger partial charge in [0.2, 0.25) is 5.91 Å². The molecule has 27 heavy (non-hydrogen) atoms. The molecule has 1 aliphatic heterocycles. The molecule has 0 bridgehead atoms. The van der Waals surface area contributed by atoms with Crippen LogP contribution in [0.4, 0.5) is 4.39 Å². The van der Waals surface area contributed by atoms with E-state index in [2.05, 4.69) is 36.2 Å². The second-order valence-electron chi connectivity index (χ2n) is 8.04. The summed E-state index contributed by atoms with van der Waals surface area (Å²) >= 11 is 0. The zero-order chi connectivity index (χ0) is 19.3. The molecule has 1 amide bonds. The van der Waals surface area contributed by atoms with Gasteiger partial charge in [-0.3, -0.25) is 9.69 Å². The Morgan fingerprint density at radius 3 is 2.33 bits per heavy atom. The molecule has 2 aromatic rings. The third-order valence-corrected chi connectivity index (χ3v) is 5.49. The third-order valence-electron chi connectivity index (χ3n) is 5.49. The van der Waals surface area contributed by atoms with E-state index in [4.69, 9.17) is 0 Å². The maximum absolute atomic E-state index is 13.3. The molecule has 0 radical (unpaired) electrons. The molecule has 1 atom stereocenters. The normalized spacial score (nSPS) is 16.3. The Morgan fingerprint density at radius 1 is 1.07 bits per heavy atom. The smallest absolute Gasteiger partial charge is 0.220 e. The van der Waals surface area contributed by atoms with Crippen molar-refractivity contribution in [2.75, 3.05) is 19.6 Å². The molecule has 2 aromatic carbocycles. The Bertz CT molecular complexity index is 737. The molecule has 144 valence electrons. The van der Waals surface area contributed by atoms with Crippen molar-refractivity contribution in [3.63, 3.8) is 0 Å². The van der Waals surface area contributed by atoms with Crippen molar-refractivity contribution in [2.45, 2.75) is 44.6 Å². The van der Waals surface area contributed by atoms with Gasteiger partial charge < -0.3 is 5.32 Å². The number of benzene rings is 2. The molecule has 1 unspecified atom stereocenters. The van der Waals surface area contributed by atoms with E-state index in [1.165, 1.54) is 25.0 Å². The average Bonchev–Trinajstić information content (AvgIpc) is 3.18. The summed E-state index contributed by atoms with van der Waals surface area (Å²) < 4.78 is 13.3. The predicted molar refractivity (Wildman–Crippen MR) is 107 cm³/mol. The number of rotatable bonds is 7. The molecular formula is C23H29FN2O. The fourth-order valence-corrected chi connectivity index (χ4v) is 3.86. The summed E-state index contributed by atoms with van der Waals surface area (Å²) in [6.07, 6.45) is 2.78. The number of halogens is 1. The molecule has 1 aliphatic rings. The van der Waals surface area contributed by atoms with Gasteiger partial charge in [-0.15, -0.1) is 0 Å². The number of nitrogens with zero attached hydrogens (tertiary/aromatic N) is 1. The number of carbonyl (C=O) groups is 1. The first-order chi connectivity index (χ1) is 13.0. The van der Waals surface area contributed by atoms with Crippen molar-refractivity contribution in [3.8, 4) is 0 Å². The highest BCUT2D eigenvalue weighted by Crippen LogP contribution is 2.28. The van der Waals surface area contributed by atoms with Gasteiger partial charge in [0.1, 0.15) is 5.82 Å². The van der Waals surface area contributed by atoms with E-state index in [-0.39, 0.29) is 23.2 Å². The molecule has 0 saturated carbocycles. The minimum absolute atomic E-state index is 0.0511. The molecule has 4 heteroatoms. The van der Waals surface area contributed by atoms with Gasteiger partial charge in [-0.1, -0.05) is 56.3 Å². The molecule has 1 heterocycles. The monoisotopic (exact) mass is 368 g/mol. The number of amides is 1. The number of carbonyl (C=O) groups excluding carboxylic acids is 1. The summed E-state index contributed by atoms with van der Waals surface area (Å²) in [5, 5.41) is 3.12. The molecule has 0 spiro atoms. The van der Waals surface area contributed by atoms with Crippen LogP contribution in [-0.4, -0.2) is 30.4 Å². The lowest BCUT2D eigenvalue weighted by molar-refractivity contribution is -0.122. The first kappa shape index (κ1) is 19.6. The number of nitrogens with one attached hydrogen (secondary N) is 1. The molecule has 3 nitrogen and oxygen atoms in total. The van der Waals surface area contributed by atoms with E-state index in [1.54, 1.807) is 0 Å². The summed E-state index contributed by atoms with van der Waals surface area (Å²) in [4.78, 5) is 15.0. The van der Waals surface area contributed by atoms with Crippen LogP contribution >= 0.6 is 0 Å². The largest absolute Gasteiger partial charge is 0.354 e. The van der Waals surface area contributed by atoms with Crippen LogP contribution in [0.5, 0.6) is 0 Å². The molecule has 1 saturated heterocycles. The maximum Gasteiger partial charge on any atom is 0.220 e. The second kappa shape index (κ2) is 8.66. The number of hydrogen-bond donors (Lipinski definition) is 1. The van der Waals surface area contributed by atoms with Crippen molar-refractivity contribution >= 4 is 5.91 Å². The molecule has 1 N–H and O–H groups in total. The lowest BCUT2D eigenvalue weighted by Gasteiger charge is -2.29. The first-order valence-electron chi connectivity index (χ1n) is 9.77. The first-order valence-corrected chi connectivity index (χ1v) is 9.77. The highest BCUT2D eigenvalue weighted by atomic mass is 19.1. The Hall–Kier alpha value is -2.20. The van der Waals surface area contributed by atoms with Crippen LogP contribution in [-0.2, 0) is 10.2 Å². The van der Waals surface area contributed by atoms with Crippen LogP contribution in [0.15, 0.2) is 54.6 Å². The number of hydrogen-bond acceptors (Lipinski definition) is 2. The van der Waals surface area contributed by atoms with Crippen LogP contribution in [0.3, 0.4) is 0 Å². The van der Waals surface area contributed by atoms with Gasteiger partial charge in [0.15, 0.2) is 0 Å². The van der Waals surface area contributed by atoms with Gasteiger partial charge in [-0.05, 0) is 54.6 Å². The van der Waals surface area contributed by atoms with Gasteiger partial charge in [0.25, 0.3) is 0 Å².